The minimum absolute atomic E-state index is 0.0772. The highest BCUT2D eigenvalue weighted by atomic mass is 35.5. The number of hydrogen-bond donors (Lipinski definition) is 6. The lowest BCUT2D eigenvalue weighted by Crippen LogP contribution is -2.57. The Balaban J connectivity index is 0.000000591. The van der Waals surface area contributed by atoms with Crippen LogP contribution < -0.4 is 27.1 Å². The third-order valence-corrected chi connectivity index (χ3v) is 8.13. The van der Waals surface area contributed by atoms with Crippen molar-refractivity contribution in [3.05, 3.63) is 58.2 Å². The molecule has 0 bridgehead atoms. The summed E-state index contributed by atoms with van der Waals surface area (Å²) < 4.78 is 6.03. The number of terminal acetylenes is 1. The number of imide groups is 1. The highest BCUT2D eigenvalue weighted by Crippen LogP contribution is 2.45. The number of ether oxygens (including phenoxy) is 1. The van der Waals surface area contributed by atoms with Gasteiger partial charge in [0, 0.05) is 29.1 Å². The van der Waals surface area contributed by atoms with Crippen LogP contribution in [0.25, 0.3) is 22.0 Å². The molecule has 0 aliphatic carbocycles. The third kappa shape index (κ3) is 6.53. The van der Waals surface area contributed by atoms with E-state index in [9.17, 15) is 14.4 Å². The number of urea groups is 1. The van der Waals surface area contributed by atoms with Gasteiger partial charge in [-0.25, -0.2) is 4.79 Å². The van der Waals surface area contributed by atoms with E-state index in [2.05, 4.69) is 48.0 Å². The van der Waals surface area contributed by atoms with Crippen molar-refractivity contribution in [1.82, 2.24) is 30.7 Å². The number of aryl methyl sites for hydroxylation is 1. The molecule has 14 heteroatoms. The third-order valence-electron chi connectivity index (χ3n) is 7.77. The Kier molecular flexibility index (Phi) is 9.92. The number of H-pyrrole nitrogens is 1. The number of nitrogens with two attached hydrogens (primary N) is 2. The summed E-state index contributed by atoms with van der Waals surface area (Å²) >= 11 is 6.96. The average molecular weight is 637 g/mol. The lowest BCUT2D eigenvalue weighted by atomic mass is 9.83. The molecule has 2 aliphatic heterocycles. The minimum atomic E-state index is -0.498. The highest BCUT2D eigenvalue weighted by Gasteiger charge is 2.46. The van der Waals surface area contributed by atoms with Crippen LogP contribution in [-0.2, 0) is 4.79 Å². The van der Waals surface area contributed by atoms with Crippen molar-refractivity contribution in [3.63, 3.8) is 0 Å². The molecule has 2 atom stereocenters. The number of carbonyl (C=O) groups excluding carboxylic acids is 3. The van der Waals surface area contributed by atoms with E-state index in [1.54, 1.807) is 17.2 Å². The first-order valence-corrected chi connectivity index (χ1v) is 14.5. The number of rotatable bonds is 4. The first-order valence-electron chi connectivity index (χ1n) is 14.2. The maximum Gasteiger partial charge on any atom is 0.327 e. The fraction of sp³-hybridized carbons (Fsp3) is 0.355. The van der Waals surface area contributed by atoms with E-state index in [-0.39, 0.29) is 53.0 Å². The maximum atomic E-state index is 13.9. The Hall–Kier alpha value is -4.77. The summed E-state index contributed by atoms with van der Waals surface area (Å²) in [5, 5.41) is 18.3. The number of fused-ring (bicyclic) bond motifs is 2. The molecule has 45 heavy (non-hydrogen) atoms. The van der Waals surface area contributed by atoms with Gasteiger partial charge in [-0.2, -0.15) is 5.10 Å². The number of aromatic nitrogens is 2. The van der Waals surface area contributed by atoms with Gasteiger partial charge in [-0.1, -0.05) is 44.4 Å². The maximum absolute atomic E-state index is 13.9. The predicted molar refractivity (Wildman–Crippen MR) is 171 cm³/mol. The largest absolute Gasteiger partial charge is 0.494 e. The molecule has 5 rings (SSSR count). The average Bonchev–Trinajstić information content (AvgIpc) is 3.62. The van der Waals surface area contributed by atoms with Gasteiger partial charge in [0.1, 0.15) is 6.61 Å². The van der Waals surface area contributed by atoms with E-state index >= 15 is 0 Å². The van der Waals surface area contributed by atoms with Gasteiger partial charge in [0.15, 0.2) is 11.6 Å². The number of nitrogens with one attached hydrogen (secondary N) is 3. The minimum Gasteiger partial charge on any atom is -0.494 e. The first kappa shape index (κ1) is 33.1. The number of hydrogen-bond acceptors (Lipinski definition) is 9. The van der Waals surface area contributed by atoms with Crippen LogP contribution in [0.5, 0.6) is 5.75 Å². The molecule has 2 unspecified atom stereocenters. The Morgan fingerprint density at radius 2 is 2.04 bits per heavy atom. The molecule has 1 aromatic heterocycles. The molecule has 3 heterocycles. The van der Waals surface area contributed by atoms with Gasteiger partial charge in [-0.05, 0) is 42.0 Å². The van der Waals surface area contributed by atoms with Crippen LogP contribution in [0, 0.1) is 24.7 Å². The fourth-order valence-electron chi connectivity index (χ4n) is 5.94. The summed E-state index contributed by atoms with van der Waals surface area (Å²) in [6.07, 6.45) is 9.74. The van der Waals surface area contributed by atoms with E-state index in [0.717, 1.165) is 28.2 Å². The van der Waals surface area contributed by atoms with Gasteiger partial charge < -0.3 is 25.8 Å². The quantitative estimate of drug-likeness (QED) is 0.0821. The number of benzene rings is 2. The normalized spacial score (nSPS) is 18.3. The van der Waals surface area contributed by atoms with Gasteiger partial charge in [0.05, 0.1) is 41.1 Å². The number of carbonyl (C=O) groups is 3. The monoisotopic (exact) mass is 636 g/mol. The van der Waals surface area contributed by atoms with E-state index in [1.165, 1.54) is 4.90 Å². The van der Waals surface area contributed by atoms with Crippen LogP contribution in [0.1, 0.15) is 48.7 Å². The van der Waals surface area contributed by atoms with Crippen molar-refractivity contribution in [3.8, 4) is 29.2 Å². The first-order chi connectivity index (χ1) is 21.3. The second kappa shape index (κ2) is 13.5. The summed E-state index contributed by atoms with van der Waals surface area (Å²) in [6.45, 7) is 8.78. The second-order valence-electron chi connectivity index (χ2n) is 11.7. The van der Waals surface area contributed by atoms with Crippen molar-refractivity contribution < 1.29 is 24.2 Å². The molecule has 2 aromatic carbocycles. The molecule has 2 aliphatic rings. The molecule has 238 valence electrons. The molecular weight excluding hydrogens is 600 g/mol. The standard InChI is InChI=1S/C28H31ClN6O3.C3H6N2O2/c1-6-16-13-17-24(23(29)22(16)21-15(2)7-8-19-18(21)14-31-33-19)38-12-11-35(26(17)36)27(37)34-10-9-20(32-30)25(34)28(3,4)5;4-3(7)1-5-2-6/h1,7-8,13-14,20,25,32H,9-12,30H2,2-5H3,(H,31,33);1-2,7H,4H2,(H,5,6)/b;3-1+. The molecule has 1 fully saturated rings. The van der Waals surface area contributed by atoms with Crippen molar-refractivity contribution in [2.24, 2.45) is 17.0 Å². The van der Waals surface area contributed by atoms with E-state index in [0.29, 0.717) is 30.5 Å². The topological polar surface area (TPSA) is 192 Å². The van der Waals surface area contributed by atoms with Crippen LogP contribution in [-0.4, -0.2) is 75.2 Å². The lowest BCUT2D eigenvalue weighted by Gasteiger charge is -2.39. The van der Waals surface area contributed by atoms with Gasteiger partial charge in [-0.3, -0.25) is 30.9 Å². The van der Waals surface area contributed by atoms with Gasteiger partial charge in [0.2, 0.25) is 6.41 Å². The Bertz CT molecular complexity index is 1690. The van der Waals surface area contributed by atoms with Gasteiger partial charge >= 0.3 is 6.03 Å². The van der Waals surface area contributed by atoms with Crippen LogP contribution in [0.4, 0.5) is 4.79 Å². The zero-order valence-electron chi connectivity index (χ0n) is 25.5. The van der Waals surface area contributed by atoms with Crippen molar-refractivity contribution in [2.75, 3.05) is 19.7 Å². The molecule has 0 radical (unpaired) electrons. The van der Waals surface area contributed by atoms with E-state index in [4.69, 9.17) is 33.7 Å². The molecule has 4 amide bonds. The summed E-state index contributed by atoms with van der Waals surface area (Å²) in [6, 6.07) is 4.83. The zero-order valence-corrected chi connectivity index (χ0v) is 26.2. The molecular formula is C31H37ClN8O5. The van der Waals surface area contributed by atoms with Crippen LogP contribution in [0.15, 0.2) is 36.5 Å². The van der Waals surface area contributed by atoms with Crippen LogP contribution >= 0.6 is 11.6 Å². The Morgan fingerprint density at radius 3 is 2.64 bits per heavy atom. The highest BCUT2D eigenvalue weighted by molar-refractivity contribution is 6.36. The smallest absolute Gasteiger partial charge is 0.327 e. The van der Waals surface area contributed by atoms with E-state index in [1.807, 2.05) is 24.4 Å². The number of nitrogens with zero attached hydrogens (tertiary/aromatic N) is 3. The fourth-order valence-corrected chi connectivity index (χ4v) is 6.30. The summed E-state index contributed by atoms with van der Waals surface area (Å²) in [4.78, 5) is 40.0. The number of aliphatic hydroxyl groups is 1. The van der Waals surface area contributed by atoms with Crippen LogP contribution in [0.3, 0.4) is 0 Å². The predicted octanol–water partition coefficient (Wildman–Crippen LogP) is 3.13. The number of likely N-dealkylation sites (tertiary alicyclic amines) is 1. The molecule has 3 aromatic rings. The Morgan fingerprint density at radius 1 is 1.31 bits per heavy atom. The molecule has 13 nitrogen and oxygen atoms in total. The number of hydrazine groups is 1. The summed E-state index contributed by atoms with van der Waals surface area (Å²) in [7, 11) is 0. The Labute approximate surface area is 265 Å². The van der Waals surface area contributed by atoms with Crippen molar-refractivity contribution in [2.45, 2.75) is 46.2 Å². The van der Waals surface area contributed by atoms with Crippen LogP contribution in [0.2, 0.25) is 5.02 Å². The lowest BCUT2D eigenvalue weighted by molar-refractivity contribution is -0.108. The molecule has 1 saturated heterocycles. The number of aromatic amines is 1. The van der Waals surface area contributed by atoms with Gasteiger partial charge in [0.25, 0.3) is 5.91 Å². The molecule has 8 N–H and O–H groups in total. The summed E-state index contributed by atoms with van der Waals surface area (Å²) in [5.41, 5.74) is 11.0. The zero-order chi connectivity index (χ0) is 33.1. The van der Waals surface area contributed by atoms with Gasteiger partial charge in [-0.15, -0.1) is 6.42 Å². The summed E-state index contributed by atoms with van der Waals surface area (Å²) in [5.74, 6) is 7.80. The molecule has 0 spiro atoms. The number of amides is 4. The number of aliphatic hydroxyl groups excluding tert-OH is 1. The van der Waals surface area contributed by atoms with E-state index < -0.39 is 11.8 Å². The molecule has 0 saturated carbocycles. The van der Waals surface area contributed by atoms with Crippen molar-refractivity contribution in [1.29, 1.82) is 0 Å². The number of halogens is 1. The second-order valence-corrected chi connectivity index (χ2v) is 12.1. The van der Waals surface area contributed by atoms with Crippen molar-refractivity contribution >= 4 is 40.9 Å². The SMILES string of the molecule is C#Cc1cc2c(c(Cl)c1-c1c(C)ccc3[nH]ncc13)OCCN(C(=O)N1CCC(NN)C1C(C)(C)C)C2=O.N/C(O)=C\NC=O.